The van der Waals surface area contributed by atoms with Crippen molar-refractivity contribution in [3.8, 4) is 6.07 Å². The van der Waals surface area contributed by atoms with Crippen molar-refractivity contribution in [2.75, 3.05) is 18.1 Å². The number of hydrogen-bond acceptors (Lipinski definition) is 4. The summed E-state index contributed by atoms with van der Waals surface area (Å²) in [6.07, 6.45) is 0.833. The summed E-state index contributed by atoms with van der Waals surface area (Å²) in [6.45, 7) is 2.62. The van der Waals surface area contributed by atoms with Crippen LogP contribution in [-0.4, -0.2) is 32.0 Å². The molecule has 0 radical (unpaired) electrons. The topological polar surface area (TPSA) is 70.0 Å². The molecule has 1 saturated heterocycles. The van der Waals surface area contributed by atoms with Gasteiger partial charge in [-0.15, -0.1) is 0 Å². The Morgan fingerprint density at radius 2 is 2.00 bits per heavy atom. The molecule has 0 spiro atoms. The van der Waals surface area contributed by atoms with Gasteiger partial charge in [0.2, 0.25) is 0 Å². The summed E-state index contributed by atoms with van der Waals surface area (Å²) in [5, 5.41) is 12.0. The number of rotatable bonds is 2. The molecule has 0 amide bonds. The van der Waals surface area contributed by atoms with Crippen LogP contribution in [0.3, 0.4) is 0 Å². The van der Waals surface area contributed by atoms with E-state index in [1.54, 1.807) is 0 Å². The molecule has 0 saturated carbocycles. The highest BCUT2D eigenvalue weighted by molar-refractivity contribution is 7.91. The van der Waals surface area contributed by atoms with Crippen LogP contribution in [0.4, 0.5) is 0 Å². The zero-order valence-corrected chi connectivity index (χ0v) is 8.52. The van der Waals surface area contributed by atoms with Crippen LogP contribution in [-0.2, 0) is 9.84 Å². The summed E-state index contributed by atoms with van der Waals surface area (Å²) in [6, 6.07) is 2.18. The van der Waals surface area contributed by atoms with E-state index in [0.29, 0.717) is 19.4 Å². The van der Waals surface area contributed by atoms with Gasteiger partial charge in [0.15, 0.2) is 9.84 Å². The predicted octanol–water partition coefficient (Wildman–Crippen LogP) is 0.0669. The summed E-state index contributed by atoms with van der Waals surface area (Å²) < 4.78 is 22.2. The average Bonchev–Trinajstić information content (AvgIpc) is 2.10. The van der Waals surface area contributed by atoms with Crippen molar-refractivity contribution in [3.63, 3.8) is 0 Å². The Labute approximate surface area is 78.9 Å². The van der Waals surface area contributed by atoms with Crippen molar-refractivity contribution in [3.05, 3.63) is 0 Å². The molecule has 0 unspecified atom stereocenters. The van der Waals surface area contributed by atoms with Crippen molar-refractivity contribution < 1.29 is 8.42 Å². The highest BCUT2D eigenvalue weighted by atomic mass is 32.2. The van der Waals surface area contributed by atoms with Crippen LogP contribution in [0.5, 0.6) is 0 Å². The Bertz CT molecular complexity index is 302. The third kappa shape index (κ3) is 2.42. The molecule has 0 aromatic rings. The summed E-state index contributed by atoms with van der Waals surface area (Å²) in [4.78, 5) is 0. The van der Waals surface area contributed by atoms with Crippen molar-refractivity contribution in [2.24, 2.45) is 0 Å². The quantitative estimate of drug-likeness (QED) is 0.687. The fourth-order valence-corrected chi connectivity index (χ4v) is 3.08. The van der Waals surface area contributed by atoms with E-state index < -0.39 is 15.4 Å². The zero-order valence-electron chi connectivity index (χ0n) is 7.71. The lowest BCUT2D eigenvalue weighted by Gasteiger charge is -2.30. The van der Waals surface area contributed by atoms with E-state index in [1.807, 2.05) is 6.92 Å². The molecule has 1 fully saturated rings. The van der Waals surface area contributed by atoms with Gasteiger partial charge >= 0.3 is 0 Å². The van der Waals surface area contributed by atoms with Crippen LogP contribution in [0, 0.1) is 11.3 Å². The second-order valence-electron chi connectivity index (χ2n) is 3.38. The van der Waals surface area contributed by atoms with E-state index in [-0.39, 0.29) is 11.5 Å². The van der Waals surface area contributed by atoms with Gasteiger partial charge in [-0.25, -0.2) is 8.42 Å². The molecule has 1 aliphatic rings. The van der Waals surface area contributed by atoms with Gasteiger partial charge in [-0.1, -0.05) is 6.92 Å². The monoisotopic (exact) mass is 202 g/mol. The molecule has 0 bridgehead atoms. The minimum atomic E-state index is -2.87. The maximum atomic E-state index is 11.1. The van der Waals surface area contributed by atoms with Gasteiger partial charge in [0, 0.05) is 0 Å². The van der Waals surface area contributed by atoms with Crippen LogP contribution in [0.15, 0.2) is 0 Å². The van der Waals surface area contributed by atoms with E-state index in [0.717, 1.165) is 0 Å². The number of sulfone groups is 1. The standard InChI is InChI=1S/C8H14N2O2S/c1-2-10-8(7-9)3-5-13(11,12)6-4-8/h10H,2-6H2,1H3. The molecular formula is C8H14N2O2S. The second kappa shape index (κ2) is 3.64. The number of nitrogens with zero attached hydrogens (tertiary/aromatic N) is 1. The molecule has 1 rings (SSSR count). The maximum absolute atomic E-state index is 11.1. The Balaban J connectivity index is 2.70. The van der Waals surface area contributed by atoms with E-state index in [2.05, 4.69) is 11.4 Å². The zero-order chi connectivity index (χ0) is 9.95. The summed E-state index contributed by atoms with van der Waals surface area (Å²) >= 11 is 0. The van der Waals surface area contributed by atoms with Crippen LogP contribution in [0.1, 0.15) is 19.8 Å². The Kier molecular flexibility index (Phi) is 2.94. The molecule has 1 heterocycles. The Hall–Kier alpha value is -0.600. The molecule has 1 N–H and O–H groups in total. The molecule has 0 aliphatic carbocycles. The van der Waals surface area contributed by atoms with E-state index in [1.165, 1.54) is 0 Å². The molecule has 0 aromatic carbocycles. The first-order valence-corrected chi connectivity index (χ1v) is 6.22. The Morgan fingerprint density at radius 1 is 1.46 bits per heavy atom. The third-order valence-corrected chi connectivity index (χ3v) is 4.06. The van der Waals surface area contributed by atoms with Gasteiger partial charge in [-0.2, -0.15) is 5.26 Å². The van der Waals surface area contributed by atoms with Crippen molar-refractivity contribution in [1.29, 1.82) is 5.26 Å². The highest BCUT2D eigenvalue weighted by Crippen LogP contribution is 2.22. The minimum absolute atomic E-state index is 0.132. The van der Waals surface area contributed by atoms with Gasteiger partial charge in [0.25, 0.3) is 0 Å². The lowest BCUT2D eigenvalue weighted by atomic mass is 9.94. The molecular weight excluding hydrogens is 188 g/mol. The van der Waals surface area contributed by atoms with Gasteiger partial charge in [-0.3, -0.25) is 5.32 Å². The summed E-state index contributed by atoms with van der Waals surface area (Å²) in [5.74, 6) is 0.265. The fourth-order valence-electron chi connectivity index (χ4n) is 1.55. The molecule has 4 nitrogen and oxygen atoms in total. The van der Waals surface area contributed by atoms with Crippen LogP contribution < -0.4 is 5.32 Å². The van der Waals surface area contributed by atoms with Gasteiger partial charge in [0.1, 0.15) is 5.54 Å². The molecule has 1 aliphatic heterocycles. The molecule has 13 heavy (non-hydrogen) atoms. The van der Waals surface area contributed by atoms with E-state index in [4.69, 9.17) is 5.26 Å². The number of nitrogens with one attached hydrogen (secondary N) is 1. The highest BCUT2D eigenvalue weighted by Gasteiger charge is 2.36. The van der Waals surface area contributed by atoms with E-state index in [9.17, 15) is 8.42 Å². The largest absolute Gasteiger partial charge is 0.300 e. The molecule has 5 heteroatoms. The lowest BCUT2D eigenvalue weighted by molar-refractivity contribution is 0.384. The number of nitriles is 1. The summed E-state index contributed by atoms with van der Waals surface area (Å²) in [5.41, 5.74) is -0.597. The first kappa shape index (κ1) is 10.5. The van der Waals surface area contributed by atoms with Crippen LogP contribution >= 0.6 is 0 Å². The smallest absolute Gasteiger partial charge is 0.150 e. The van der Waals surface area contributed by atoms with E-state index >= 15 is 0 Å². The lowest BCUT2D eigenvalue weighted by Crippen LogP contribution is -2.49. The second-order valence-corrected chi connectivity index (χ2v) is 5.68. The molecule has 74 valence electrons. The van der Waals surface area contributed by atoms with Gasteiger partial charge < -0.3 is 0 Å². The predicted molar refractivity (Wildman–Crippen MR) is 49.9 cm³/mol. The maximum Gasteiger partial charge on any atom is 0.150 e. The minimum Gasteiger partial charge on any atom is -0.300 e. The average molecular weight is 202 g/mol. The van der Waals surface area contributed by atoms with Crippen molar-refractivity contribution in [1.82, 2.24) is 5.32 Å². The Morgan fingerprint density at radius 3 is 2.38 bits per heavy atom. The number of hydrogen-bond donors (Lipinski definition) is 1. The fraction of sp³-hybridized carbons (Fsp3) is 0.875. The molecule has 0 aromatic heterocycles. The van der Waals surface area contributed by atoms with Gasteiger partial charge in [-0.05, 0) is 19.4 Å². The first-order valence-electron chi connectivity index (χ1n) is 4.40. The van der Waals surface area contributed by atoms with Crippen LogP contribution in [0.25, 0.3) is 0 Å². The summed E-state index contributed by atoms with van der Waals surface area (Å²) in [7, 11) is -2.87. The third-order valence-electron chi connectivity index (χ3n) is 2.41. The normalized spacial score (nSPS) is 24.9. The van der Waals surface area contributed by atoms with Gasteiger partial charge in [0.05, 0.1) is 17.6 Å². The van der Waals surface area contributed by atoms with Crippen molar-refractivity contribution in [2.45, 2.75) is 25.3 Å². The SMILES string of the molecule is CCNC1(C#N)CCS(=O)(=O)CC1. The first-order chi connectivity index (χ1) is 6.04. The van der Waals surface area contributed by atoms with Crippen molar-refractivity contribution >= 4 is 9.84 Å². The van der Waals surface area contributed by atoms with Crippen LogP contribution in [0.2, 0.25) is 0 Å². The molecule has 0 atom stereocenters.